The number of carbonyl (C=O) groups is 1. The van der Waals surface area contributed by atoms with Crippen LogP contribution >= 0.6 is 0 Å². The van der Waals surface area contributed by atoms with Gasteiger partial charge < -0.3 is 14.7 Å². The van der Waals surface area contributed by atoms with Crippen molar-refractivity contribution in [3.05, 3.63) is 140 Å². The first-order chi connectivity index (χ1) is 26.3. The van der Waals surface area contributed by atoms with Gasteiger partial charge in [-0.05, 0) is 68.1 Å². The quantitative estimate of drug-likeness (QED) is 0.0642. The van der Waals surface area contributed by atoms with E-state index in [0.29, 0.717) is 28.1 Å². The Labute approximate surface area is 321 Å². The number of hydrogen-bond donors (Lipinski definition) is 1. The number of hydrogen-bond acceptors (Lipinski definition) is 8. The minimum atomic E-state index is -4.56. The van der Waals surface area contributed by atoms with Gasteiger partial charge in [0, 0.05) is 71.1 Å². The van der Waals surface area contributed by atoms with E-state index in [1.165, 1.54) is 35.2 Å². The van der Waals surface area contributed by atoms with Crippen LogP contribution in [0.1, 0.15) is 66.4 Å². The second-order valence-corrected chi connectivity index (χ2v) is 14.3. The standard InChI is InChI=1S/C40H45F6N5O5/c1-38(2,3)56-37(53)50(17-8-20-52)19-18-48(24-29-9-4-12-32(21-29)39(41,42)43)27-34-14-7-15-35(47-34)28-49(26-31-11-6-16-36(23-31)51(54)55)25-30-10-5-13-33(22-30)40(44,45)46/h4-7,9-16,21-23,52H,8,17-20,24-28H2,1-3H3. The molecule has 0 aliphatic heterocycles. The summed E-state index contributed by atoms with van der Waals surface area (Å²) in [6.45, 7) is 6.02. The third-order valence-corrected chi connectivity index (χ3v) is 8.41. The zero-order valence-corrected chi connectivity index (χ0v) is 31.3. The number of aliphatic hydroxyl groups excluding tert-OH is 1. The number of nitrogens with zero attached hydrogens (tertiary/aromatic N) is 5. The Morgan fingerprint density at radius 2 is 1.18 bits per heavy atom. The van der Waals surface area contributed by atoms with Crippen molar-refractivity contribution in [2.45, 2.75) is 77.9 Å². The zero-order valence-electron chi connectivity index (χ0n) is 31.3. The Morgan fingerprint density at radius 1 is 0.696 bits per heavy atom. The van der Waals surface area contributed by atoms with Gasteiger partial charge in [0.25, 0.3) is 5.69 Å². The predicted molar refractivity (Wildman–Crippen MR) is 197 cm³/mol. The van der Waals surface area contributed by atoms with E-state index in [-0.39, 0.29) is 71.1 Å². The third-order valence-electron chi connectivity index (χ3n) is 8.41. The van der Waals surface area contributed by atoms with Crippen LogP contribution in [-0.4, -0.2) is 67.6 Å². The number of non-ortho nitro benzene ring substituents is 1. The van der Waals surface area contributed by atoms with Gasteiger partial charge in [0.1, 0.15) is 5.60 Å². The molecule has 16 heteroatoms. The summed E-state index contributed by atoms with van der Waals surface area (Å²) in [6, 6.07) is 21.0. The lowest BCUT2D eigenvalue weighted by Crippen LogP contribution is -2.42. The summed E-state index contributed by atoms with van der Waals surface area (Å²) >= 11 is 0. The highest BCUT2D eigenvalue weighted by atomic mass is 19.4. The molecule has 0 spiro atoms. The van der Waals surface area contributed by atoms with E-state index < -0.39 is 40.1 Å². The molecule has 10 nitrogen and oxygen atoms in total. The van der Waals surface area contributed by atoms with Gasteiger partial charge >= 0.3 is 18.4 Å². The number of alkyl halides is 6. The SMILES string of the molecule is CC(C)(C)OC(=O)N(CCCO)CCN(Cc1cccc(C(F)(F)F)c1)Cc1cccc(CN(Cc2cccc([N+](=O)[O-])c2)Cc2cccc(C(F)(F)F)c2)n1. The van der Waals surface area contributed by atoms with Crippen molar-refractivity contribution in [2.75, 3.05) is 26.2 Å². The van der Waals surface area contributed by atoms with Crippen molar-refractivity contribution in [1.82, 2.24) is 19.7 Å². The molecular weight excluding hydrogens is 744 g/mol. The fraction of sp³-hybridized carbons (Fsp3) is 0.400. The largest absolute Gasteiger partial charge is 0.444 e. The van der Waals surface area contributed by atoms with Crippen molar-refractivity contribution in [3.63, 3.8) is 0 Å². The first kappa shape index (κ1) is 43.7. The molecule has 0 saturated heterocycles. The van der Waals surface area contributed by atoms with Crippen molar-refractivity contribution in [2.24, 2.45) is 0 Å². The molecular formula is C40H45F6N5O5. The maximum absolute atomic E-state index is 13.6. The topological polar surface area (TPSA) is 112 Å². The van der Waals surface area contributed by atoms with Gasteiger partial charge in [-0.25, -0.2) is 4.79 Å². The molecule has 1 N–H and O–H groups in total. The fourth-order valence-electron chi connectivity index (χ4n) is 5.92. The van der Waals surface area contributed by atoms with Crippen molar-refractivity contribution >= 4 is 11.8 Å². The Bertz CT molecular complexity index is 1920. The van der Waals surface area contributed by atoms with Crippen molar-refractivity contribution in [3.8, 4) is 0 Å². The first-order valence-electron chi connectivity index (χ1n) is 17.8. The number of ether oxygens (including phenoxy) is 1. The van der Waals surface area contributed by atoms with Crippen LogP contribution in [0.4, 0.5) is 36.8 Å². The summed E-state index contributed by atoms with van der Waals surface area (Å²) in [5, 5.41) is 20.9. The smallest absolute Gasteiger partial charge is 0.416 e. The van der Waals surface area contributed by atoms with Crippen molar-refractivity contribution in [1.29, 1.82) is 0 Å². The average Bonchev–Trinajstić information content (AvgIpc) is 3.10. The number of pyridine rings is 1. The lowest BCUT2D eigenvalue weighted by atomic mass is 10.1. The van der Waals surface area contributed by atoms with E-state index in [4.69, 9.17) is 9.72 Å². The molecule has 302 valence electrons. The normalized spacial score (nSPS) is 12.3. The molecule has 1 heterocycles. The molecule has 4 rings (SSSR count). The minimum absolute atomic E-state index is 0.0501. The number of halogens is 6. The van der Waals surface area contributed by atoms with Crippen molar-refractivity contribution < 1.29 is 45.9 Å². The van der Waals surface area contributed by atoms with Crippen LogP contribution in [-0.2, 0) is 49.8 Å². The van der Waals surface area contributed by atoms with Gasteiger partial charge in [-0.2, -0.15) is 26.3 Å². The zero-order chi connectivity index (χ0) is 41.1. The number of carbonyl (C=O) groups excluding carboxylic acids is 1. The maximum Gasteiger partial charge on any atom is 0.416 e. The molecule has 0 bridgehead atoms. The summed E-state index contributed by atoms with van der Waals surface area (Å²) in [4.78, 5) is 33.9. The van der Waals surface area contributed by atoms with Gasteiger partial charge in [-0.3, -0.25) is 24.9 Å². The molecule has 0 saturated carbocycles. The lowest BCUT2D eigenvalue weighted by Gasteiger charge is -2.30. The lowest BCUT2D eigenvalue weighted by molar-refractivity contribution is -0.384. The molecule has 1 aromatic heterocycles. The highest BCUT2D eigenvalue weighted by molar-refractivity contribution is 5.68. The molecule has 1 amide bonds. The second-order valence-electron chi connectivity index (χ2n) is 14.3. The minimum Gasteiger partial charge on any atom is -0.444 e. The fourth-order valence-corrected chi connectivity index (χ4v) is 5.92. The third kappa shape index (κ3) is 14.2. The van der Waals surface area contributed by atoms with Crippen LogP contribution < -0.4 is 0 Å². The van der Waals surface area contributed by atoms with E-state index in [9.17, 15) is 46.4 Å². The first-order valence-corrected chi connectivity index (χ1v) is 17.8. The number of rotatable bonds is 17. The molecule has 0 atom stereocenters. The van der Waals surface area contributed by atoms with Gasteiger partial charge in [-0.1, -0.05) is 54.6 Å². The maximum atomic E-state index is 13.6. The summed E-state index contributed by atoms with van der Waals surface area (Å²) in [6.07, 6.45) is -9.43. The number of benzene rings is 3. The average molecular weight is 790 g/mol. The van der Waals surface area contributed by atoms with E-state index in [1.807, 2.05) is 4.90 Å². The summed E-state index contributed by atoms with van der Waals surface area (Å²) in [5.74, 6) is 0. The molecule has 0 fully saturated rings. The molecule has 0 unspecified atom stereocenters. The summed E-state index contributed by atoms with van der Waals surface area (Å²) in [5.41, 5.74) is -0.190. The monoisotopic (exact) mass is 789 g/mol. The van der Waals surface area contributed by atoms with Crippen LogP contribution in [0.3, 0.4) is 0 Å². The number of amides is 1. The van der Waals surface area contributed by atoms with Crippen LogP contribution in [0.15, 0.2) is 91.0 Å². The van der Waals surface area contributed by atoms with Gasteiger partial charge in [0.05, 0.1) is 27.4 Å². The van der Waals surface area contributed by atoms with Gasteiger partial charge in [0.15, 0.2) is 0 Å². The number of aliphatic hydroxyl groups is 1. The van der Waals surface area contributed by atoms with E-state index in [1.54, 1.807) is 62.1 Å². The summed E-state index contributed by atoms with van der Waals surface area (Å²) in [7, 11) is 0. The second kappa shape index (κ2) is 19.2. The molecule has 0 aliphatic carbocycles. The van der Waals surface area contributed by atoms with Crippen LogP contribution in [0.5, 0.6) is 0 Å². The Kier molecular flexibility index (Phi) is 15.0. The number of aromatic nitrogens is 1. The molecule has 3 aromatic carbocycles. The highest BCUT2D eigenvalue weighted by Gasteiger charge is 2.31. The molecule has 56 heavy (non-hydrogen) atoms. The Hall–Kier alpha value is -5.06. The summed E-state index contributed by atoms with van der Waals surface area (Å²) < 4.78 is 87.1. The van der Waals surface area contributed by atoms with Crippen LogP contribution in [0.25, 0.3) is 0 Å². The molecule has 4 aromatic rings. The van der Waals surface area contributed by atoms with E-state index in [2.05, 4.69) is 0 Å². The van der Waals surface area contributed by atoms with Crippen LogP contribution in [0.2, 0.25) is 0 Å². The Morgan fingerprint density at radius 3 is 1.68 bits per heavy atom. The van der Waals surface area contributed by atoms with E-state index in [0.717, 1.165) is 24.3 Å². The van der Waals surface area contributed by atoms with Gasteiger partial charge in [-0.15, -0.1) is 0 Å². The van der Waals surface area contributed by atoms with Gasteiger partial charge in [0.2, 0.25) is 0 Å². The number of nitro groups is 1. The molecule has 0 radical (unpaired) electrons. The highest BCUT2D eigenvalue weighted by Crippen LogP contribution is 2.31. The number of nitro benzene ring substituents is 1. The van der Waals surface area contributed by atoms with Crippen LogP contribution in [0, 0.1) is 10.1 Å². The Balaban J connectivity index is 1.62. The molecule has 0 aliphatic rings. The predicted octanol–water partition coefficient (Wildman–Crippen LogP) is 8.85. The van der Waals surface area contributed by atoms with E-state index >= 15 is 0 Å².